The third-order valence-electron chi connectivity index (χ3n) is 4.63. The molecule has 1 saturated heterocycles. The standard InChI is InChI=1S/C19H17BrN2O3/c20-14-6-3-12(4-7-14)16-2-1-9-22(16)19(24)13-5-8-15-17(10-13)25-11-18(23)21-15/h3-8,10,16H,1-2,9,11H2,(H,21,23). The van der Waals surface area contributed by atoms with Gasteiger partial charge in [-0.2, -0.15) is 0 Å². The Morgan fingerprint density at radius 2 is 2.00 bits per heavy atom. The lowest BCUT2D eigenvalue weighted by molar-refractivity contribution is -0.118. The minimum atomic E-state index is -0.179. The molecule has 2 heterocycles. The largest absolute Gasteiger partial charge is 0.482 e. The van der Waals surface area contributed by atoms with Crippen molar-refractivity contribution in [2.45, 2.75) is 18.9 Å². The highest BCUT2D eigenvalue weighted by Gasteiger charge is 2.31. The van der Waals surface area contributed by atoms with Gasteiger partial charge in [0.1, 0.15) is 5.75 Å². The maximum absolute atomic E-state index is 13.0. The molecule has 0 aliphatic carbocycles. The molecule has 0 aromatic heterocycles. The average Bonchev–Trinajstić information content (AvgIpc) is 3.11. The number of likely N-dealkylation sites (tertiary alicyclic amines) is 1. The van der Waals surface area contributed by atoms with Crippen molar-refractivity contribution < 1.29 is 14.3 Å². The van der Waals surface area contributed by atoms with Gasteiger partial charge in [0.2, 0.25) is 0 Å². The predicted molar refractivity (Wildman–Crippen MR) is 97.7 cm³/mol. The first-order valence-corrected chi connectivity index (χ1v) is 9.04. The van der Waals surface area contributed by atoms with Crippen LogP contribution in [0.15, 0.2) is 46.9 Å². The minimum Gasteiger partial charge on any atom is -0.482 e. The molecule has 2 aliphatic heterocycles. The van der Waals surface area contributed by atoms with Crippen LogP contribution in [0.3, 0.4) is 0 Å². The highest BCUT2D eigenvalue weighted by Crippen LogP contribution is 2.35. The molecule has 0 radical (unpaired) electrons. The smallest absolute Gasteiger partial charge is 0.262 e. The van der Waals surface area contributed by atoms with Crippen LogP contribution in [0.4, 0.5) is 5.69 Å². The number of fused-ring (bicyclic) bond motifs is 1. The Bertz CT molecular complexity index is 835. The zero-order chi connectivity index (χ0) is 17.4. The summed E-state index contributed by atoms with van der Waals surface area (Å²) in [5.74, 6) is 0.361. The Kier molecular flexibility index (Phi) is 4.21. The van der Waals surface area contributed by atoms with Crippen LogP contribution in [0.5, 0.6) is 5.75 Å². The van der Waals surface area contributed by atoms with Crippen molar-refractivity contribution in [3.63, 3.8) is 0 Å². The molecule has 1 unspecified atom stereocenters. The van der Waals surface area contributed by atoms with E-state index in [1.165, 1.54) is 0 Å². The maximum atomic E-state index is 13.0. The summed E-state index contributed by atoms with van der Waals surface area (Å²) in [6.45, 7) is 0.726. The summed E-state index contributed by atoms with van der Waals surface area (Å²) in [4.78, 5) is 26.3. The minimum absolute atomic E-state index is 0.00582. The SMILES string of the molecule is O=C1COc2cc(C(=O)N3CCCC3c3ccc(Br)cc3)ccc2N1. The molecule has 2 aromatic carbocycles. The van der Waals surface area contributed by atoms with Crippen molar-refractivity contribution >= 4 is 33.4 Å². The first-order chi connectivity index (χ1) is 12.1. The highest BCUT2D eigenvalue weighted by molar-refractivity contribution is 9.10. The van der Waals surface area contributed by atoms with E-state index >= 15 is 0 Å². The number of benzene rings is 2. The molecule has 2 amide bonds. The van der Waals surface area contributed by atoms with Gasteiger partial charge in [-0.1, -0.05) is 28.1 Å². The topological polar surface area (TPSA) is 58.6 Å². The first kappa shape index (κ1) is 16.1. The maximum Gasteiger partial charge on any atom is 0.262 e. The van der Waals surface area contributed by atoms with Crippen molar-refractivity contribution in [1.82, 2.24) is 4.90 Å². The second kappa shape index (κ2) is 6.52. The van der Waals surface area contributed by atoms with E-state index in [-0.39, 0.29) is 24.5 Å². The summed E-state index contributed by atoms with van der Waals surface area (Å²) in [7, 11) is 0. The van der Waals surface area contributed by atoms with E-state index in [9.17, 15) is 9.59 Å². The number of amides is 2. The number of rotatable bonds is 2. The van der Waals surface area contributed by atoms with Crippen LogP contribution in [-0.2, 0) is 4.79 Å². The lowest BCUT2D eigenvalue weighted by Crippen LogP contribution is -2.31. The predicted octanol–water partition coefficient (Wildman–Crippen LogP) is 3.76. The molecule has 25 heavy (non-hydrogen) atoms. The summed E-state index contributed by atoms with van der Waals surface area (Å²) in [5.41, 5.74) is 2.34. The van der Waals surface area contributed by atoms with Gasteiger partial charge in [0.25, 0.3) is 11.8 Å². The van der Waals surface area contributed by atoms with Gasteiger partial charge >= 0.3 is 0 Å². The zero-order valence-corrected chi connectivity index (χ0v) is 15.1. The van der Waals surface area contributed by atoms with E-state index < -0.39 is 0 Å². The zero-order valence-electron chi connectivity index (χ0n) is 13.5. The molecule has 4 rings (SSSR count). The Morgan fingerprint density at radius 1 is 1.20 bits per heavy atom. The van der Waals surface area contributed by atoms with Gasteiger partial charge in [-0.25, -0.2) is 0 Å². The number of hydrogen-bond acceptors (Lipinski definition) is 3. The summed E-state index contributed by atoms with van der Waals surface area (Å²) >= 11 is 3.45. The van der Waals surface area contributed by atoms with E-state index in [0.29, 0.717) is 17.0 Å². The van der Waals surface area contributed by atoms with Crippen LogP contribution in [0, 0.1) is 0 Å². The van der Waals surface area contributed by atoms with Crippen molar-refractivity contribution in [2.24, 2.45) is 0 Å². The van der Waals surface area contributed by atoms with Gasteiger partial charge < -0.3 is 15.0 Å². The van der Waals surface area contributed by atoms with Gasteiger partial charge in [0, 0.05) is 16.6 Å². The summed E-state index contributed by atoms with van der Waals surface area (Å²) < 4.78 is 6.45. The summed E-state index contributed by atoms with van der Waals surface area (Å²) in [6, 6.07) is 13.4. The molecule has 0 bridgehead atoms. The molecule has 128 valence electrons. The quantitative estimate of drug-likeness (QED) is 0.834. The molecule has 6 heteroatoms. The van der Waals surface area contributed by atoms with Gasteiger partial charge in [-0.15, -0.1) is 0 Å². The monoisotopic (exact) mass is 400 g/mol. The number of anilines is 1. The Labute approximate surface area is 154 Å². The van der Waals surface area contributed by atoms with E-state index in [1.807, 2.05) is 17.0 Å². The van der Waals surface area contributed by atoms with Gasteiger partial charge in [-0.05, 0) is 48.7 Å². The Balaban J connectivity index is 1.59. The number of carbonyl (C=O) groups excluding carboxylic acids is 2. The molecule has 2 aromatic rings. The molecule has 1 fully saturated rings. The fourth-order valence-corrected chi connectivity index (χ4v) is 3.68. The summed E-state index contributed by atoms with van der Waals surface area (Å²) in [6.07, 6.45) is 1.95. The normalized spacial score (nSPS) is 19.2. The van der Waals surface area contributed by atoms with Gasteiger partial charge in [-0.3, -0.25) is 9.59 Å². The molecule has 0 spiro atoms. The third kappa shape index (κ3) is 3.14. The Morgan fingerprint density at radius 3 is 2.80 bits per heavy atom. The average molecular weight is 401 g/mol. The lowest BCUT2D eigenvalue weighted by Gasteiger charge is -2.26. The molecular weight excluding hydrogens is 384 g/mol. The highest BCUT2D eigenvalue weighted by atomic mass is 79.9. The first-order valence-electron chi connectivity index (χ1n) is 8.25. The van der Waals surface area contributed by atoms with Gasteiger partial charge in [0.05, 0.1) is 11.7 Å². The van der Waals surface area contributed by atoms with Crippen LogP contribution in [0.25, 0.3) is 0 Å². The summed E-state index contributed by atoms with van der Waals surface area (Å²) in [5, 5.41) is 2.74. The van der Waals surface area contributed by atoms with Crippen molar-refractivity contribution in [3.8, 4) is 5.75 Å². The molecular formula is C19H17BrN2O3. The fourth-order valence-electron chi connectivity index (χ4n) is 3.41. The molecule has 5 nitrogen and oxygen atoms in total. The number of ether oxygens (including phenoxy) is 1. The molecule has 2 aliphatic rings. The number of carbonyl (C=O) groups is 2. The number of nitrogens with one attached hydrogen (secondary N) is 1. The van der Waals surface area contributed by atoms with Crippen molar-refractivity contribution in [3.05, 3.63) is 58.1 Å². The fraction of sp³-hybridized carbons (Fsp3) is 0.263. The second-order valence-electron chi connectivity index (χ2n) is 6.26. The van der Waals surface area contributed by atoms with E-state index in [1.54, 1.807) is 18.2 Å². The Hall–Kier alpha value is -2.34. The van der Waals surface area contributed by atoms with Crippen LogP contribution in [-0.4, -0.2) is 29.9 Å². The van der Waals surface area contributed by atoms with Gasteiger partial charge in [0.15, 0.2) is 6.61 Å². The van der Waals surface area contributed by atoms with Crippen LogP contribution >= 0.6 is 15.9 Å². The second-order valence-corrected chi connectivity index (χ2v) is 7.17. The molecule has 0 saturated carbocycles. The van der Waals surface area contributed by atoms with Crippen LogP contribution in [0.2, 0.25) is 0 Å². The van der Waals surface area contributed by atoms with E-state index in [0.717, 1.165) is 29.4 Å². The van der Waals surface area contributed by atoms with E-state index in [2.05, 4.69) is 33.4 Å². The molecule has 1 N–H and O–H groups in total. The van der Waals surface area contributed by atoms with Crippen molar-refractivity contribution in [2.75, 3.05) is 18.5 Å². The number of halogens is 1. The van der Waals surface area contributed by atoms with Crippen molar-refractivity contribution in [1.29, 1.82) is 0 Å². The third-order valence-corrected chi connectivity index (χ3v) is 5.16. The molecule has 1 atom stereocenters. The van der Waals surface area contributed by atoms with Crippen LogP contribution in [0.1, 0.15) is 34.8 Å². The van der Waals surface area contributed by atoms with Crippen LogP contribution < -0.4 is 10.1 Å². The lowest BCUT2D eigenvalue weighted by atomic mass is 10.0. The van der Waals surface area contributed by atoms with E-state index in [4.69, 9.17) is 4.74 Å². The number of nitrogens with zero attached hydrogens (tertiary/aromatic N) is 1. The number of hydrogen-bond donors (Lipinski definition) is 1.